The van der Waals surface area contributed by atoms with E-state index in [1.54, 1.807) is 18.9 Å². The molecule has 0 spiro atoms. The van der Waals surface area contributed by atoms with Gasteiger partial charge in [0.25, 0.3) is 0 Å². The molecular weight excluding hydrogens is 554 g/mol. The molecule has 3 aromatic carbocycles. The molecule has 7 nitrogen and oxygen atoms in total. The molecule has 3 aromatic rings. The lowest BCUT2D eigenvalue weighted by molar-refractivity contribution is -0.144. The average molecular weight is 592 g/mol. The van der Waals surface area contributed by atoms with Crippen LogP contribution in [-0.4, -0.2) is 35.3 Å². The van der Waals surface area contributed by atoms with Crippen LogP contribution in [0.2, 0.25) is 5.02 Å². The topological polar surface area (TPSA) is 96.3 Å². The van der Waals surface area contributed by atoms with E-state index < -0.39 is 17.6 Å². The third kappa shape index (κ3) is 5.86. The van der Waals surface area contributed by atoms with Crippen molar-refractivity contribution >= 4 is 29.2 Å². The van der Waals surface area contributed by atoms with Crippen LogP contribution in [0.5, 0.6) is 11.5 Å². The van der Waals surface area contributed by atoms with Crippen LogP contribution in [-0.2, 0) is 21.6 Å². The van der Waals surface area contributed by atoms with Gasteiger partial charge < -0.3 is 24.6 Å². The third-order valence-electron chi connectivity index (χ3n) is 8.74. The molecular formula is C34H38ClNO6. The first-order valence-corrected chi connectivity index (χ1v) is 14.9. The van der Waals surface area contributed by atoms with Gasteiger partial charge in [-0.05, 0) is 111 Å². The van der Waals surface area contributed by atoms with E-state index in [2.05, 4.69) is 0 Å². The molecule has 0 saturated heterocycles. The van der Waals surface area contributed by atoms with E-state index in [0.717, 1.165) is 22.3 Å². The molecule has 2 aliphatic rings. The van der Waals surface area contributed by atoms with Gasteiger partial charge in [-0.25, -0.2) is 0 Å². The predicted molar refractivity (Wildman–Crippen MR) is 162 cm³/mol. The van der Waals surface area contributed by atoms with Crippen LogP contribution < -0.4 is 14.4 Å². The predicted octanol–water partition coefficient (Wildman–Crippen LogP) is 6.91. The lowest BCUT2D eigenvalue weighted by Gasteiger charge is -2.39. The smallest absolute Gasteiger partial charge is 0.306 e. The Hall–Kier alpha value is -3.55. The molecule has 0 radical (unpaired) electrons. The lowest BCUT2D eigenvalue weighted by atomic mass is 9.71. The van der Waals surface area contributed by atoms with Gasteiger partial charge in [0.2, 0.25) is 5.91 Å². The molecule has 1 saturated carbocycles. The first-order valence-electron chi connectivity index (χ1n) is 14.5. The maximum absolute atomic E-state index is 13.8. The number of hydrogen-bond acceptors (Lipinski definition) is 5. The van der Waals surface area contributed by atoms with Crippen molar-refractivity contribution in [3.63, 3.8) is 0 Å². The number of fused-ring (bicyclic) bond motifs is 1. The standard InChI is InChI=1S/C34H38ClNO6/c1-20(2)42-30-19-28-23(17-29(30)41-4)18-31(37)36(32(28)21-7-13-26(35)14-8-21)27-15-11-25(12-16-27)34(3,40)24-9-5-22(6-10-24)33(38)39/h7-8,11-17,19-20,22,24,32,40H,5-6,9-10,18H2,1-4H3,(H,38,39)/t22-,24-,32-,34?/m0/s1. The second-order valence-corrected chi connectivity index (χ2v) is 12.3. The Labute approximate surface area is 252 Å². The monoisotopic (exact) mass is 591 g/mol. The molecule has 1 heterocycles. The number of amides is 1. The van der Waals surface area contributed by atoms with Crippen molar-refractivity contribution in [3.05, 3.63) is 87.9 Å². The number of carboxylic acid groups (broad SMARTS) is 1. The molecule has 42 heavy (non-hydrogen) atoms. The minimum atomic E-state index is -1.12. The van der Waals surface area contributed by atoms with Gasteiger partial charge >= 0.3 is 5.97 Å². The number of carbonyl (C=O) groups excluding carboxylic acids is 1. The van der Waals surface area contributed by atoms with E-state index in [4.69, 9.17) is 21.1 Å². The summed E-state index contributed by atoms with van der Waals surface area (Å²) in [7, 11) is 1.59. The number of carboxylic acids is 1. The highest BCUT2D eigenvalue weighted by molar-refractivity contribution is 6.30. The maximum atomic E-state index is 13.8. The number of benzene rings is 3. The highest BCUT2D eigenvalue weighted by atomic mass is 35.5. The number of halogens is 1. The van der Waals surface area contributed by atoms with E-state index >= 15 is 0 Å². The van der Waals surface area contributed by atoms with Crippen LogP contribution >= 0.6 is 11.6 Å². The SMILES string of the molecule is COc1cc2c(cc1OC(C)C)[C@H](c1ccc(Cl)cc1)N(c1ccc(C(C)(O)[C@H]3CC[C@H](C(=O)O)CC3)cc1)C(=O)C2. The Bertz CT molecular complexity index is 1440. The molecule has 222 valence electrons. The van der Waals surface area contributed by atoms with Crippen molar-refractivity contribution in [2.45, 2.75) is 70.6 Å². The summed E-state index contributed by atoms with van der Waals surface area (Å²) < 4.78 is 11.7. The van der Waals surface area contributed by atoms with E-state index in [9.17, 15) is 19.8 Å². The summed E-state index contributed by atoms with van der Waals surface area (Å²) >= 11 is 6.23. The van der Waals surface area contributed by atoms with Crippen LogP contribution in [0.3, 0.4) is 0 Å². The number of carbonyl (C=O) groups is 2. The van der Waals surface area contributed by atoms with Crippen molar-refractivity contribution in [2.75, 3.05) is 12.0 Å². The molecule has 1 amide bonds. The Kier molecular flexibility index (Phi) is 8.53. The number of rotatable bonds is 8. The quantitative estimate of drug-likeness (QED) is 0.295. The average Bonchev–Trinajstić information content (AvgIpc) is 2.96. The number of hydrogen-bond donors (Lipinski definition) is 2. The third-order valence-corrected chi connectivity index (χ3v) is 8.99. The number of anilines is 1. The molecule has 1 unspecified atom stereocenters. The van der Waals surface area contributed by atoms with E-state index in [-0.39, 0.29) is 30.3 Å². The van der Waals surface area contributed by atoms with Gasteiger partial charge in [-0.1, -0.05) is 35.9 Å². The minimum absolute atomic E-state index is 0.0429. The highest BCUT2D eigenvalue weighted by Gasteiger charge is 2.39. The second-order valence-electron chi connectivity index (χ2n) is 11.8. The maximum Gasteiger partial charge on any atom is 0.306 e. The lowest BCUT2D eigenvalue weighted by Crippen LogP contribution is -2.41. The van der Waals surface area contributed by atoms with Crippen molar-refractivity contribution in [3.8, 4) is 11.5 Å². The van der Waals surface area contributed by atoms with Gasteiger partial charge in [-0.2, -0.15) is 0 Å². The molecule has 1 aliphatic carbocycles. The number of nitrogens with zero attached hydrogens (tertiary/aromatic N) is 1. The minimum Gasteiger partial charge on any atom is -0.493 e. The first kappa shape index (κ1) is 29.9. The fourth-order valence-corrected chi connectivity index (χ4v) is 6.55. The van der Waals surface area contributed by atoms with Crippen molar-refractivity contribution in [1.29, 1.82) is 0 Å². The zero-order chi connectivity index (χ0) is 30.2. The van der Waals surface area contributed by atoms with Crippen molar-refractivity contribution in [1.82, 2.24) is 0 Å². The summed E-state index contributed by atoms with van der Waals surface area (Å²) in [6.45, 7) is 5.72. The molecule has 1 fully saturated rings. The normalized spacial score (nSPS) is 21.9. The summed E-state index contributed by atoms with van der Waals surface area (Å²) in [5, 5.41) is 21.5. The summed E-state index contributed by atoms with van der Waals surface area (Å²) in [5.41, 5.74) is 3.06. The zero-order valence-electron chi connectivity index (χ0n) is 24.5. The Balaban J connectivity index is 1.52. The summed E-state index contributed by atoms with van der Waals surface area (Å²) in [6.07, 6.45) is 2.56. The number of methoxy groups -OCH3 is 1. The van der Waals surface area contributed by atoms with Gasteiger partial charge in [-0.15, -0.1) is 0 Å². The first-order chi connectivity index (χ1) is 20.0. The zero-order valence-corrected chi connectivity index (χ0v) is 25.2. The van der Waals surface area contributed by atoms with Crippen LogP contribution in [0.25, 0.3) is 0 Å². The van der Waals surface area contributed by atoms with Gasteiger partial charge in [-0.3, -0.25) is 9.59 Å². The van der Waals surface area contributed by atoms with E-state index in [1.165, 1.54) is 0 Å². The second kappa shape index (κ2) is 12.0. The van der Waals surface area contributed by atoms with Crippen LogP contribution in [0.4, 0.5) is 5.69 Å². The number of aliphatic carboxylic acids is 1. The fourth-order valence-electron chi connectivity index (χ4n) is 6.43. The highest BCUT2D eigenvalue weighted by Crippen LogP contribution is 2.45. The summed E-state index contributed by atoms with van der Waals surface area (Å²) in [6, 6.07) is 18.5. The van der Waals surface area contributed by atoms with Gasteiger partial charge in [0.1, 0.15) is 0 Å². The number of ether oxygens (including phenoxy) is 2. The van der Waals surface area contributed by atoms with Gasteiger partial charge in [0.15, 0.2) is 11.5 Å². The van der Waals surface area contributed by atoms with Crippen molar-refractivity contribution < 1.29 is 29.3 Å². The molecule has 8 heteroatoms. The summed E-state index contributed by atoms with van der Waals surface area (Å²) in [4.78, 5) is 27.0. The van der Waals surface area contributed by atoms with E-state index in [1.807, 2.05) is 74.5 Å². The molecule has 1 aliphatic heterocycles. The van der Waals surface area contributed by atoms with Crippen molar-refractivity contribution in [2.24, 2.45) is 11.8 Å². The Morgan fingerprint density at radius 1 is 1.00 bits per heavy atom. The Morgan fingerprint density at radius 2 is 1.64 bits per heavy atom. The largest absolute Gasteiger partial charge is 0.493 e. The van der Waals surface area contributed by atoms with E-state index in [0.29, 0.717) is 47.9 Å². The number of aliphatic hydroxyl groups is 1. The molecule has 0 aromatic heterocycles. The van der Waals surface area contributed by atoms with Crippen LogP contribution in [0, 0.1) is 11.8 Å². The Morgan fingerprint density at radius 3 is 2.21 bits per heavy atom. The van der Waals surface area contributed by atoms with Crippen LogP contribution in [0.15, 0.2) is 60.7 Å². The molecule has 2 N–H and O–H groups in total. The van der Waals surface area contributed by atoms with Crippen LogP contribution in [0.1, 0.15) is 74.8 Å². The molecule has 2 atom stereocenters. The van der Waals surface area contributed by atoms with Gasteiger partial charge in [0, 0.05) is 10.7 Å². The van der Waals surface area contributed by atoms with Gasteiger partial charge in [0.05, 0.1) is 37.2 Å². The summed E-state index contributed by atoms with van der Waals surface area (Å²) in [5.74, 6) is -0.0105. The molecule has 5 rings (SSSR count). The molecule has 0 bridgehead atoms. The fraction of sp³-hybridized carbons (Fsp3) is 0.412.